The minimum absolute atomic E-state index is 0.0241. The van der Waals surface area contributed by atoms with Crippen molar-refractivity contribution in [2.24, 2.45) is 5.73 Å². The van der Waals surface area contributed by atoms with Gasteiger partial charge in [-0.25, -0.2) is 12.8 Å². The Hall–Kier alpha value is -1.72. The molecule has 2 aromatic rings. The van der Waals surface area contributed by atoms with Gasteiger partial charge >= 0.3 is 0 Å². The highest BCUT2D eigenvalue weighted by Gasteiger charge is 2.27. The predicted octanol–water partition coefficient (Wildman–Crippen LogP) is 2.30. The summed E-state index contributed by atoms with van der Waals surface area (Å²) in [6.45, 7) is -0.0241. The van der Waals surface area contributed by atoms with Crippen LogP contribution in [0.2, 0.25) is 0 Å². The maximum absolute atomic E-state index is 12.9. The third kappa shape index (κ3) is 2.83. The van der Waals surface area contributed by atoms with Gasteiger partial charge in [-0.2, -0.15) is 0 Å². The summed E-state index contributed by atoms with van der Waals surface area (Å²) < 4.78 is 37.8. The number of hydrogen-bond donors (Lipinski definition) is 1. The molecule has 0 amide bonds. The van der Waals surface area contributed by atoms with Crippen molar-refractivity contribution in [2.45, 2.75) is 10.1 Å². The maximum atomic E-state index is 12.9. The van der Waals surface area contributed by atoms with Crippen molar-refractivity contribution in [1.29, 1.82) is 0 Å². The second-order valence-corrected chi connectivity index (χ2v) is 6.26. The van der Waals surface area contributed by atoms with E-state index >= 15 is 0 Å². The lowest BCUT2D eigenvalue weighted by atomic mass is 10.1. The van der Waals surface area contributed by atoms with Gasteiger partial charge < -0.3 is 5.73 Å². The van der Waals surface area contributed by atoms with Crippen LogP contribution >= 0.6 is 0 Å². The molecule has 0 unspecified atom stereocenters. The molecule has 0 radical (unpaired) electrons. The number of halogens is 1. The fraction of sp³-hybridized carbons (Fsp3) is 0.143. The standard InChI is InChI=1S/C14H14FNO2S/c15-12-6-8-13(9-7-12)19(17,18)14(10-16)11-4-2-1-3-5-11/h1-9,14H,10,16H2/t14-/m1/s1. The third-order valence-electron chi connectivity index (χ3n) is 2.90. The zero-order valence-corrected chi connectivity index (χ0v) is 11.0. The van der Waals surface area contributed by atoms with E-state index in [0.29, 0.717) is 5.56 Å². The summed E-state index contributed by atoms with van der Waals surface area (Å²) in [5.74, 6) is -0.469. The summed E-state index contributed by atoms with van der Waals surface area (Å²) in [4.78, 5) is 0.0770. The summed E-state index contributed by atoms with van der Waals surface area (Å²) in [7, 11) is -3.61. The first-order valence-corrected chi connectivity index (χ1v) is 7.35. The summed E-state index contributed by atoms with van der Waals surface area (Å²) in [5.41, 5.74) is 6.24. The highest BCUT2D eigenvalue weighted by molar-refractivity contribution is 7.91. The molecule has 2 N–H and O–H groups in total. The molecule has 2 rings (SSSR count). The molecule has 0 saturated heterocycles. The second-order valence-electron chi connectivity index (χ2n) is 4.13. The van der Waals surface area contributed by atoms with Crippen molar-refractivity contribution < 1.29 is 12.8 Å². The van der Waals surface area contributed by atoms with Crippen molar-refractivity contribution in [3.63, 3.8) is 0 Å². The average molecular weight is 279 g/mol. The zero-order valence-electron chi connectivity index (χ0n) is 10.2. The summed E-state index contributed by atoms with van der Waals surface area (Å²) in [5, 5.41) is -0.820. The van der Waals surface area contributed by atoms with Gasteiger partial charge in [-0.1, -0.05) is 30.3 Å². The first-order chi connectivity index (χ1) is 9.05. The monoisotopic (exact) mass is 279 g/mol. The van der Waals surface area contributed by atoms with Gasteiger partial charge in [-0.05, 0) is 29.8 Å². The van der Waals surface area contributed by atoms with E-state index in [4.69, 9.17) is 5.73 Å². The number of nitrogens with two attached hydrogens (primary N) is 1. The highest BCUT2D eigenvalue weighted by atomic mass is 32.2. The van der Waals surface area contributed by atoms with E-state index in [0.717, 1.165) is 12.1 Å². The van der Waals surface area contributed by atoms with Gasteiger partial charge in [0, 0.05) is 6.54 Å². The van der Waals surface area contributed by atoms with Crippen molar-refractivity contribution in [2.75, 3.05) is 6.54 Å². The van der Waals surface area contributed by atoms with Gasteiger partial charge in [0.25, 0.3) is 0 Å². The SMILES string of the molecule is NC[C@H](c1ccccc1)S(=O)(=O)c1ccc(F)cc1. The number of hydrogen-bond acceptors (Lipinski definition) is 3. The lowest BCUT2D eigenvalue weighted by Gasteiger charge is -2.16. The summed E-state index contributed by atoms with van der Waals surface area (Å²) in [6.07, 6.45) is 0. The van der Waals surface area contributed by atoms with Crippen LogP contribution in [-0.2, 0) is 9.84 Å². The Bertz CT molecular complexity index is 639. The van der Waals surface area contributed by atoms with Crippen molar-refractivity contribution in [1.82, 2.24) is 0 Å². The molecule has 100 valence electrons. The van der Waals surface area contributed by atoms with E-state index in [1.807, 2.05) is 6.07 Å². The quantitative estimate of drug-likeness (QED) is 0.874. The minimum Gasteiger partial charge on any atom is -0.329 e. The molecular formula is C14H14FNO2S. The van der Waals surface area contributed by atoms with Crippen LogP contribution in [0.25, 0.3) is 0 Å². The molecule has 2 aromatic carbocycles. The average Bonchev–Trinajstić information content (AvgIpc) is 2.41. The van der Waals surface area contributed by atoms with E-state index < -0.39 is 20.9 Å². The largest absolute Gasteiger partial charge is 0.329 e. The molecule has 0 aliphatic carbocycles. The Morgan fingerprint density at radius 3 is 2.11 bits per heavy atom. The van der Waals surface area contributed by atoms with Crippen molar-refractivity contribution in [3.05, 3.63) is 66.0 Å². The predicted molar refractivity (Wildman–Crippen MR) is 71.8 cm³/mol. The Morgan fingerprint density at radius 2 is 1.58 bits per heavy atom. The molecule has 3 nitrogen and oxygen atoms in total. The molecule has 0 saturated carbocycles. The van der Waals surface area contributed by atoms with Gasteiger partial charge in [0.2, 0.25) is 0 Å². The molecule has 1 atom stereocenters. The van der Waals surface area contributed by atoms with Crippen LogP contribution in [0.4, 0.5) is 4.39 Å². The van der Waals surface area contributed by atoms with E-state index in [-0.39, 0.29) is 11.4 Å². The molecule has 0 heterocycles. The number of rotatable bonds is 4. The molecule has 0 bridgehead atoms. The van der Waals surface area contributed by atoms with E-state index in [1.165, 1.54) is 12.1 Å². The van der Waals surface area contributed by atoms with Crippen LogP contribution in [0.15, 0.2) is 59.5 Å². The van der Waals surface area contributed by atoms with Crippen molar-refractivity contribution >= 4 is 9.84 Å². The fourth-order valence-electron chi connectivity index (χ4n) is 1.90. The molecular weight excluding hydrogens is 265 g/mol. The normalized spacial score (nSPS) is 13.2. The molecule has 0 fully saturated rings. The first-order valence-electron chi connectivity index (χ1n) is 5.80. The smallest absolute Gasteiger partial charge is 0.186 e. The molecule has 0 aliphatic rings. The Morgan fingerprint density at radius 1 is 1.00 bits per heavy atom. The molecule has 0 aliphatic heterocycles. The topological polar surface area (TPSA) is 60.2 Å². The summed E-state index contributed by atoms with van der Waals surface area (Å²) in [6, 6.07) is 13.6. The van der Waals surface area contributed by atoms with Gasteiger partial charge in [0.15, 0.2) is 9.84 Å². The van der Waals surface area contributed by atoms with Crippen LogP contribution in [0.5, 0.6) is 0 Å². The van der Waals surface area contributed by atoms with Gasteiger partial charge in [0.1, 0.15) is 11.1 Å². The second kappa shape index (κ2) is 5.50. The molecule has 0 spiro atoms. The van der Waals surface area contributed by atoms with E-state index in [9.17, 15) is 12.8 Å². The number of benzene rings is 2. The Balaban J connectivity index is 2.45. The molecule has 0 aromatic heterocycles. The first kappa shape index (κ1) is 13.7. The van der Waals surface area contributed by atoms with Crippen LogP contribution in [-0.4, -0.2) is 15.0 Å². The van der Waals surface area contributed by atoms with Crippen molar-refractivity contribution in [3.8, 4) is 0 Å². The zero-order chi connectivity index (χ0) is 13.9. The fourth-order valence-corrected chi connectivity index (χ4v) is 3.51. The van der Waals surface area contributed by atoms with Crippen LogP contribution < -0.4 is 5.73 Å². The van der Waals surface area contributed by atoms with Crippen LogP contribution in [0.3, 0.4) is 0 Å². The Kier molecular flexibility index (Phi) is 3.97. The highest BCUT2D eigenvalue weighted by Crippen LogP contribution is 2.27. The van der Waals surface area contributed by atoms with E-state index in [1.54, 1.807) is 24.3 Å². The Labute approximate surface area is 111 Å². The van der Waals surface area contributed by atoms with Crippen LogP contribution in [0.1, 0.15) is 10.8 Å². The van der Waals surface area contributed by atoms with Crippen LogP contribution in [0, 0.1) is 5.82 Å². The lowest BCUT2D eigenvalue weighted by Crippen LogP contribution is -2.22. The number of sulfone groups is 1. The van der Waals surface area contributed by atoms with E-state index in [2.05, 4.69) is 0 Å². The van der Waals surface area contributed by atoms with Gasteiger partial charge in [0.05, 0.1) is 4.90 Å². The minimum atomic E-state index is -3.61. The maximum Gasteiger partial charge on any atom is 0.186 e. The van der Waals surface area contributed by atoms with Gasteiger partial charge in [-0.3, -0.25) is 0 Å². The molecule has 5 heteroatoms. The molecule has 19 heavy (non-hydrogen) atoms. The van der Waals surface area contributed by atoms with Gasteiger partial charge in [-0.15, -0.1) is 0 Å². The lowest BCUT2D eigenvalue weighted by molar-refractivity contribution is 0.581. The summed E-state index contributed by atoms with van der Waals surface area (Å²) >= 11 is 0. The third-order valence-corrected chi connectivity index (χ3v) is 5.05.